The Morgan fingerprint density at radius 1 is 1.03 bits per heavy atom. The number of carbonyl (C=O) groups is 1. The smallest absolute Gasteiger partial charge is 0.416 e. The zero-order valence-electron chi connectivity index (χ0n) is 19.4. The third kappa shape index (κ3) is 5.34. The van der Waals surface area contributed by atoms with Crippen LogP contribution in [0.2, 0.25) is 10.0 Å². The average Bonchev–Trinajstić information content (AvgIpc) is 2.85. The zero-order chi connectivity index (χ0) is 26.0. The van der Waals surface area contributed by atoms with Crippen molar-refractivity contribution in [3.8, 4) is 17.2 Å². The maximum atomic E-state index is 13.6. The van der Waals surface area contributed by atoms with Crippen molar-refractivity contribution in [3.63, 3.8) is 0 Å². The molecule has 0 saturated carbocycles. The molecule has 1 aliphatic heterocycles. The van der Waals surface area contributed by atoms with Crippen molar-refractivity contribution in [1.29, 1.82) is 0 Å². The lowest BCUT2D eigenvalue weighted by atomic mass is 9.91. The number of nitrogens with zero attached hydrogens (tertiary/aromatic N) is 1. The summed E-state index contributed by atoms with van der Waals surface area (Å²) in [5, 5.41) is 0.588. The van der Waals surface area contributed by atoms with Crippen molar-refractivity contribution >= 4 is 29.1 Å². The molecular formula is C26H22Cl2F3NO4. The largest absolute Gasteiger partial charge is 0.493 e. The zero-order valence-corrected chi connectivity index (χ0v) is 20.9. The fraction of sp³-hybridized carbons (Fsp3) is 0.269. The molecule has 5 nitrogen and oxygen atoms in total. The molecule has 1 aliphatic rings. The van der Waals surface area contributed by atoms with Crippen LogP contribution in [0.4, 0.5) is 13.2 Å². The summed E-state index contributed by atoms with van der Waals surface area (Å²) < 4.78 is 56.2. The molecule has 0 fully saturated rings. The third-order valence-electron chi connectivity index (χ3n) is 5.99. The van der Waals surface area contributed by atoms with Crippen molar-refractivity contribution in [1.82, 2.24) is 4.90 Å². The summed E-state index contributed by atoms with van der Waals surface area (Å²) in [6.07, 6.45) is -3.99. The number of hydrogen-bond acceptors (Lipinski definition) is 4. The highest BCUT2D eigenvalue weighted by atomic mass is 35.5. The molecule has 1 unspecified atom stereocenters. The van der Waals surface area contributed by atoms with Gasteiger partial charge < -0.3 is 19.1 Å². The Morgan fingerprint density at radius 2 is 1.75 bits per heavy atom. The van der Waals surface area contributed by atoms with Gasteiger partial charge in [-0.25, -0.2) is 0 Å². The standard InChI is InChI=1S/C26H22Cl2F3NO4/c1-34-23-10-15-8-9-32(25(33)19-7-6-17(27)12-21(19)28)22(20(15)13-24(23)35-2)14-36-18-5-3-4-16(11-18)26(29,30)31/h3-7,10-13,22H,8-9,14H2,1-2H3. The van der Waals surface area contributed by atoms with Gasteiger partial charge in [-0.1, -0.05) is 29.3 Å². The second-order valence-corrected chi connectivity index (χ2v) is 8.97. The van der Waals surface area contributed by atoms with Crippen LogP contribution in [-0.2, 0) is 12.6 Å². The molecule has 0 saturated heterocycles. The van der Waals surface area contributed by atoms with Gasteiger partial charge in [-0.2, -0.15) is 13.2 Å². The van der Waals surface area contributed by atoms with Gasteiger partial charge in [0, 0.05) is 11.6 Å². The van der Waals surface area contributed by atoms with Crippen LogP contribution >= 0.6 is 23.2 Å². The normalized spacial score (nSPS) is 15.3. The van der Waals surface area contributed by atoms with Crippen molar-refractivity contribution in [3.05, 3.63) is 86.9 Å². The van der Waals surface area contributed by atoms with Crippen LogP contribution in [0.1, 0.15) is 33.1 Å². The lowest BCUT2D eigenvalue weighted by Gasteiger charge is -2.38. The second-order valence-electron chi connectivity index (χ2n) is 8.13. The Kier molecular flexibility index (Phi) is 7.57. The van der Waals surface area contributed by atoms with Crippen LogP contribution in [0.25, 0.3) is 0 Å². The maximum Gasteiger partial charge on any atom is 0.416 e. The van der Waals surface area contributed by atoms with Crippen LogP contribution < -0.4 is 14.2 Å². The number of hydrogen-bond donors (Lipinski definition) is 0. The molecular weight excluding hydrogens is 518 g/mol. The number of methoxy groups -OCH3 is 2. The summed E-state index contributed by atoms with van der Waals surface area (Å²) in [5.74, 6) is 0.678. The molecule has 0 N–H and O–H groups in total. The number of ether oxygens (including phenoxy) is 3. The fourth-order valence-electron chi connectivity index (χ4n) is 4.21. The third-order valence-corrected chi connectivity index (χ3v) is 6.54. The van der Waals surface area contributed by atoms with Gasteiger partial charge in [0.05, 0.1) is 36.4 Å². The monoisotopic (exact) mass is 539 g/mol. The summed E-state index contributed by atoms with van der Waals surface area (Å²) >= 11 is 12.3. The van der Waals surface area contributed by atoms with E-state index in [1.54, 1.807) is 23.1 Å². The van der Waals surface area contributed by atoms with Crippen molar-refractivity contribution in [2.24, 2.45) is 0 Å². The van der Waals surface area contributed by atoms with E-state index in [1.807, 2.05) is 6.07 Å². The van der Waals surface area contributed by atoms with Crippen LogP contribution in [0, 0.1) is 0 Å². The van der Waals surface area contributed by atoms with Crippen molar-refractivity contribution < 1.29 is 32.2 Å². The second kappa shape index (κ2) is 10.5. The van der Waals surface area contributed by atoms with Gasteiger partial charge in [0.2, 0.25) is 0 Å². The van der Waals surface area contributed by atoms with E-state index in [9.17, 15) is 18.0 Å². The van der Waals surface area contributed by atoms with E-state index < -0.39 is 17.8 Å². The Morgan fingerprint density at radius 3 is 2.42 bits per heavy atom. The van der Waals surface area contributed by atoms with Gasteiger partial charge in [-0.15, -0.1) is 0 Å². The Labute approximate surface area is 216 Å². The first-order valence-electron chi connectivity index (χ1n) is 10.9. The molecule has 1 heterocycles. The van der Waals surface area contributed by atoms with E-state index in [2.05, 4.69) is 0 Å². The van der Waals surface area contributed by atoms with Crippen molar-refractivity contribution in [2.45, 2.75) is 18.6 Å². The van der Waals surface area contributed by atoms with Gasteiger partial charge in [0.25, 0.3) is 5.91 Å². The van der Waals surface area contributed by atoms with E-state index in [1.165, 1.54) is 32.4 Å². The quantitative estimate of drug-likeness (QED) is 0.343. The molecule has 10 heteroatoms. The predicted molar refractivity (Wildman–Crippen MR) is 130 cm³/mol. The molecule has 3 aromatic carbocycles. The maximum absolute atomic E-state index is 13.6. The van der Waals surface area contributed by atoms with E-state index in [4.69, 9.17) is 37.4 Å². The van der Waals surface area contributed by atoms with Gasteiger partial charge in [-0.3, -0.25) is 4.79 Å². The minimum Gasteiger partial charge on any atom is -0.493 e. The first kappa shape index (κ1) is 26.0. The lowest BCUT2D eigenvalue weighted by Crippen LogP contribution is -2.42. The number of alkyl halides is 3. The lowest BCUT2D eigenvalue weighted by molar-refractivity contribution is -0.137. The molecule has 190 valence electrons. The fourth-order valence-corrected chi connectivity index (χ4v) is 4.70. The van der Waals surface area contributed by atoms with Crippen LogP contribution in [0.3, 0.4) is 0 Å². The summed E-state index contributed by atoms with van der Waals surface area (Å²) in [6.45, 7) is 0.234. The first-order chi connectivity index (χ1) is 17.1. The number of carbonyl (C=O) groups excluding carboxylic acids is 1. The number of amides is 1. The highest BCUT2D eigenvalue weighted by molar-refractivity contribution is 6.36. The summed E-state index contributed by atoms with van der Waals surface area (Å²) in [4.78, 5) is 15.2. The minimum absolute atomic E-state index is 0.0364. The summed E-state index contributed by atoms with van der Waals surface area (Å²) in [7, 11) is 3.03. The molecule has 1 amide bonds. The molecule has 0 radical (unpaired) electrons. The van der Waals surface area contributed by atoms with Crippen LogP contribution in [0.5, 0.6) is 17.2 Å². The highest BCUT2D eigenvalue weighted by Crippen LogP contribution is 2.40. The Bertz CT molecular complexity index is 1280. The van der Waals surface area contributed by atoms with Gasteiger partial charge >= 0.3 is 6.18 Å². The topological polar surface area (TPSA) is 48.0 Å². The Hall–Kier alpha value is -3.10. The highest BCUT2D eigenvalue weighted by Gasteiger charge is 2.35. The SMILES string of the molecule is COc1cc2c(cc1OC)C(COc1cccc(C(F)(F)F)c1)N(C(=O)c1ccc(Cl)cc1Cl)CC2. The minimum atomic E-state index is -4.51. The van der Waals surface area contributed by atoms with E-state index in [-0.39, 0.29) is 28.8 Å². The molecule has 0 bridgehead atoms. The van der Waals surface area contributed by atoms with Gasteiger partial charge in [0.1, 0.15) is 12.4 Å². The van der Waals surface area contributed by atoms with Crippen LogP contribution in [-0.4, -0.2) is 38.2 Å². The number of benzene rings is 3. The van der Waals surface area contributed by atoms with Crippen molar-refractivity contribution in [2.75, 3.05) is 27.4 Å². The number of rotatable bonds is 6. The molecule has 36 heavy (non-hydrogen) atoms. The molecule has 0 aliphatic carbocycles. The van der Waals surface area contributed by atoms with E-state index in [0.717, 1.165) is 23.3 Å². The number of halogens is 5. The van der Waals surface area contributed by atoms with Crippen LogP contribution in [0.15, 0.2) is 54.6 Å². The van der Waals surface area contributed by atoms with Gasteiger partial charge in [-0.05, 0) is 66.1 Å². The average molecular weight is 540 g/mol. The number of fused-ring (bicyclic) bond motifs is 1. The molecule has 0 aromatic heterocycles. The Balaban J connectivity index is 1.72. The first-order valence-corrected chi connectivity index (χ1v) is 11.7. The molecule has 3 aromatic rings. The molecule has 4 rings (SSSR count). The summed E-state index contributed by atoms with van der Waals surface area (Å²) in [5.41, 5.74) is 1.09. The predicted octanol–water partition coefficient (Wildman–Crippen LogP) is 6.85. The molecule has 1 atom stereocenters. The van der Waals surface area contributed by atoms with Gasteiger partial charge in [0.15, 0.2) is 11.5 Å². The van der Waals surface area contributed by atoms with E-state index in [0.29, 0.717) is 29.5 Å². The van der Waals surface area contributed by atoms with E-state index >= 15 is 0 Å². The summed E-state index contributed by atoms with van der Waals surface area (Å²) in [6, 6.07) is 12.2. The molecule has 0 spiro atoms.